The van der Waals surface area contributed by atoms with E-state index in [9.17, 15) is 4.79 Å². The molecule has 23 heavy (non-hydrogen) atoms. The highest BCUT2D eigenvalue weighted by atomic mass is 16.2. The maximum atomic E-state index is 12.1. The van der Waals surface area contributed by atoms with Crippen molar-refractivity contribution < 1.29 is 4.79 Å². The van der Waals surface area contributed by atoms with Crippen LogP contribution in [-0.2, 0) is 4.79 Å². The van der Waals surface area contributed by atoms with Gasteiger partial charge in [0, 0.05) is 24.4 Å². The van der Waals surface area contributed by atoms with Gasteiger partial charge in [0.1, 0.15) is 0 Å². The highest BCUT2D eigenvalue weighted by molar-refractivity contribution is 5.78. The molecule has 0 aromatic carbocycles. The molecule has 0 unspecified atom stereocenters. The van der Waals surface area contributed by atoms with Gasteiger partial charge in [-0.1, -0.05) is 25.3 Å². The molecule has 1 amide bonds. The molecule has 0 bridgehead atoms. The van der Waals surface area contributed by atoms with Crippen molar-refractivity contribution in [3.63, 3.8) is 0 Å². The lowest BCUT2D eigenvalue weighted by Gasteiger charge is -2.31. The van der Waals surface area contributed by atoms with Gasteiger partial charge >= 0.3 is 0 Å². The van der Waals surface area contributed by atoms with E-state index in [0.29, 0.717) is 18.4 Å². The molecule has 3 rings (SSSR count). The predicted molar refractivity (Wildman–Crippen MR) is 92.2 cm³/mol. The Bertz CT molecular complexity index is 477. The molecule has 2 heterocycles. The van der Waals surface area contributed by atoms with Crippen LogP contribution < -0.4 is 5.32 Å². The molecule has 1 aromatic rings. The van der Waals surface area contributed by atoms with Crippen molar-refractivity contribution in [3.05, 3.63) is 30.1 Å². The van der Waals surface area contributed by atoms with E-state index < -0.39 is 0 Å². The second kappa shape index (κ2) is 8.44. The summed E-state index contributed by atoms with van der Waals surface area (Å²) >= 11 is 0. The van der Waals surface area contributed by atoms with Crippen LogP contribution in [0, 0.1) is 5.92 Å². The number of piperidine rings is 1. The van der Waals surface area contributed by atoms with Gasteiger partial charge in [0.05, 0.1) is 6.54 Å². The van der Waals surface area contributed by atoms with Crippen LogP contribution in [0.3, 0.4) is 0 Å². The van der Waals surface area contributed by atoms with Gasteiger partial charge in [-0.15, -0.1) is 0 Å². The molecular formula is C19H29N3O. The molecular weight excluding hydrogens is 286 g/mol. The number of carbonyl (C=O) groups is 1. The summed E-state index contributed by atoms with van der Waals surface area (Å²) in [6, 6.07) is 6.15. The van der Waals surface area contributed by atoms with Crippen molar-refractivity contribution in [2.45, 2.75) is 50.9 Å². The second-order valence-electron chi connectivity index (χ2n) is 7.11. The molecule has 1 saturated carbocycles. The Kier molecular flexibility index (Phi) is 6.03. The maximum Gasteiger partial charge on any atom is 0.234 e. The van der Waals surface area contributed by atoms with Crippen LogP contribution >= 0.6 is 0 Å². The second-order valence-corrected chi connectivity index (χ2v) is 7.11. The largest absolute Gasteiger partial charge is 0.355 e. The monoisotopic (exact) mass is 315 g/mol. The number of pyridine rings is 1. The molecule has 0 radical (unpaired) electrons. The summed E-state index contributed by atoms with van der Waals surface area (Å²) in [6.45, 7) is 3.43. The van der Waals surface area contributed by atoms with Crippen LogP contribution in [-0.4, -0.2) is 42.0 Å². The third-order valence-electron chi connectivity index (χ3n) is 5.37. The Morgan fingerprint density at radius 2 is 1.91 bits per heavy atom. The van der Waals surface area contributed by atoms with Crippen molar-refractivity contribution in [1.82, 2.24) is 15.2 Å². The first-order chi connectivity index (χ1) is 11.3. The maximum absolute atomic E-state index is 12.1. The predicted octanol–water partition coefficient (Wildman–Crippen LogP) is 2.96. The lowest BCUT2D eigenvalue weighted by atomic mass is 9.89. The van der Waals surface area contributed by atoms with Gasteiger partial charge in [-0.25, -0.2) is 0 Å². The van der Waals surface area contributed by atoms with E-state index in [0.717, 1.165) is 32.5 Å². The summed E-state index contributed by atoms with van der Waals surface area (Å²) in [7, 11) is 0. The fraction of sp³-hybridized carbons (Fsp3) is 0.684. The van der Waals surface area contributed by atoms with Crippen molar-refractivity contribution in [1.29, 1.82) is 0 Å². The van der Waals surface area contributed by atoms with Crippen LogP contribution in [0.1, 0.15) is 56.6 Å². The van der Waals surface area contributed by atoms with Crippen LogP contribution in [0.5, 0.6) is 0 Å². The third kappa shape index (κ3) is 5.03. The van der Waals surface area contributed by atoms with Crippen LogP contribution in [0.4, 0.5) is 0 Å². The van der Waals surface area contributed by atoms with E-state index in [-0.39, 0.29) is 5.91 Å². The number of hydrogen-bond donors (Lipinski definition) is 1. The molecule has 0 spiro atoms. The lowest BCUT2D eigenvalue weighted by molar-refractivity contribution is -0.122. The summed E-state index contributed by atoms with van der Waals surface area (Å²) in [4.78, 5) is 18.9. The molecule has 4 heteroatoms. The lowest BCUT2D eigenvalue weighted by Crippen LogP contribution is -2.42. The number of nitrogens with zero attached hydrogens (tertiary/aromatic N) is 2. The minimum atomic E-state index is 0.201. The quantitative estimate of drug-likeness (QED) is 0.908. The number of rotatable bonds is 5. The van der Waals surface area contributed by atoms with Crippen LogP contribution in [0.25, 0.3) is 0 Å². The zero-order chi connectivity index (χ0) is 15.9. The van der Waals surface area contributed by atoms with Crippen molar-refractivity contribution in [3.8, 4) is 0 Å². The van der Waals surface area contributed by atoms with E-state index >= 15 is 0 Å². The number of aromatic nitrogens is 1. The molecule has 2 aliphatic rings. The average molecular weight is 315 g/mol. The zero-order valence-corrected chi connectivity index (χ0v) is 14.0. The fourth-order valence-corrected chi connectivity index (χ4v) is 3.91. The number of hydrogen-bond acceptors (Lipinski definition) is 3. The SMILES string of the molecule is O=C(CN1CCC(c2ccccn2)CC1)NCC1CCCCC1. The fourth-order valence-electron chi connectivity index (χ4n) is 3.91. The minimum absolute atomic E-state index is 0.201. The Morgan fingerprint density at radius 3 is 2.61 bits per heavy atom. The molecule has 1 aliphatic carbocycles. The summed E-state index contributed by atoms with van der Waals surface area (Å²) in [6.07, 6.45) is 10.7. The number of amides is 1. The first kappa shape index (κ1) is 16.4. The number of nitrogens with one attached hydrogen (secondary N) is 1. The molecule has 4 nitrogen and oxygen atoms in total. The van der Waals surface area contributed by atoms with E-state index in [1.54, 1.807) is 0 Å². The van der Waals surface area contributed by atoms with Gasteiger partial charge in [0.25, 0.3) is 0 Å². The van der Waals surface area contributed by atoms with E-state index in [4.69, 9.17) is 0 Å². The molecule has 1 aromatic heterocycles. The normalized spacial score (nSPS) is 21.2. The van der Waals surface area contributed by atoms with Gasteiger partial charge in [0.2, 0.25) is 5.91 Å². The average Bonchev–Trinajstić information content (AvgIpc) is 2.62. The van der Waals surface area contributed by atoms with Gasteiger partial charge in [-0.2, -0.15) is 0 Å². The summed E-state index contributed by atoms with van der Waals surface area (Å²) < 4.78 is 0. The number of likely N-dealkylation sites (tertiary alicyclic amines) is 1. The van der Waals surface area contributed by atoms with E-state index in [2.05, 4.69) is 27.3 Å². The standard InChI is InChI=1S/C19H29N3O/c23-19(21-14-16-6-2-1-3-7-16)15-22-12-9-17(10-13-22)18-8-4-5-11-20-18/h4-5,8,11,16-17H,1-3,6-7,9-10,12-15H2,(H,21,23). The smallest absolute Gasteiger partial charge is 0.234 e. The van der Waals surface area contributed by atoms with E-state index in [1.807, 2.05) is 12.3 Å². The first-order valence-corrected chi connectivity index (χ1v) is 9.21. The molecule has 0 atom stereocenters. The molecule has 126 valence electrons. The Balaban J connectivity index is 1.36. The minimum Gasteiger partial charge on any atom is -0.355 e. The zero-order valence-electron chi connectivity index (χ0n) is 14.0. The van der Waals surface area contributed by atoms with Gasteiger partial charge in [-0.3, -0.25) is 14.7 Å². The molecule has 1 N–H and O–H groups in total. The van der Waals surface area contributed by atoms with Gasteiger partial charge in [-0.05, 0) is 56.8 Å². The van der Waals surface area contributed by atoms with Crippen LogP contribution in [0.15, 0.2) is 24.4 Å². The van der Waals surface area contributed by atoms with Crippen molar-refractivity contribution in [2.75, 3.05) is 26.2 Å². The van der Waals surface area contributed by atoms with Crippen molar-refractivity contribution >= 4 is 5.91 Å². The molecule has 1 saturated heterocycles. The van der Waals surface area contributed by atoms with Gasteiger partial charge < -0.3 is 5.32 Å². The Labute approximate surface area is 139 Å². The Morgan fingerprint density at radius 1 is 1.13 bits per heavy atom. The van der Waals surface area contributed by atoms with E-state index in [1.165, 1.54) is 37.8 Å². The third-order valence-corrected chi connectivity index (χ3v) is 5.37. The van der Waals surface area contributed by atoms with Gasteiger partial charge in [0.15, 0.2) is 0 Å². The summed E-state index contributed by atoms with van der Waals surface area (Å²) in [5.41, 5.74) is 1.20. The summed E-state index contributed by atoms with van der Waals surface area (Å²) in [5, 5.41) is 3.15. The molecule has 2 fully saturated rings. The van der Waals surface area contributed by atoms with Crippen molar-refractivity contribution in [2.24, 2.45) is 5.92 Å². The summed E-state index contributed by atoms with van der Waals surface area (Å²) in [5.74, 6) is 1.47. The highest BCUT2D eigenvalue weighted by Crippen LogP contribution is 2.26. The Hall–Kier alpha value is -1.42. The number of carbonyl (C=O) groups excluding carboxylic acids is 1. The topological polar surface area (TPSA) is 45.2 Å². The highest BCUT2D eigenvalue weighted by Gasteiger charge is 2.23. The molecule has 1 aliphatic heterocycles. The first-order valence-electron chi connectivity index (χ1n) is 9.21. The van der Waals surface area contributed by atoms with Crippen LogP contribution in [0.2, 0.25) is 0 Å².